The molecule has 0 fully saturated rings. The molecule has 0 aliphatic heterocycles. The number of halogens is 1. The molecule has 2 heteroatoms. The Balaban J connectivity index is 2.66. The number of allylic oxidation sites excluding steroid dienone is 1. The van der Waals surface area contributed by atoms with Crippen LogP contribution in [0.5, 0.6) is 0 Å². The minimum Gasteiger partial charge on any atom is -0.341 e. The van der Waals surface area contributed by atoms with Gasteiger partial charge in [-0.15, -0.1) is 6.58 Å². The Bertz CT molecular complexity index is 470. The molecule has 0 aliphatic carbocycles. The smallest absolute Gasteiger partial charge is 0.0500 e. The predicted molar refractivity (Wildman–Crippen MR) is 61.9 cm³/mol. The summed E-state index contributed by atoms with van der Waals surface area (Å²) in [6.07, 6.45) is 3.98. The lowest BCUT2D eigenvalue weighted by Crippen LogP contribution is -1.98. The van der Waals surface area contributed by atoms with E-state index in [1.54, 1.807) is 0 Å². The first-order valence-electron chi connectivity index (χ1n) is 4.61. The third-order valence-electron chi connectivity index (χ3n) is 2.47. The molecule has 1 aromatic carbocycles. The van der Waals surface area contributed by atoms with E-state index >= 15 is 0 Å². The number of hydrogen-bond acceptors (Lipinski definition) is 0. The van der Waals surface area contributed by atoms with Gasteiger partial charge in [0, 0.05) is 17.3 Å². The van der Waals surface area contributed by atoms with Crippen LogP contribution in [-0.4, -0.2) is 4.57 Å². The monoisotopic (exact) mass is 205 g/mol. The van der Waals surface area contributed by atoms with Gasteiger partial charge in [0.05, 0.1) is 5.52 Å². The lowest BCUT2D eigenvalue weighted by atomic mass is 10.2. The standard InChI is InChI=1S/C12H12ClN/c1-3-9(2)14-7-6-10-4-5-11(13)8-12(10)14/h3-9H,1H2,2H3. The zero-order chi connectivity index (χ0) is 10.1. The highest BCUT2D eigenvalue weighted by molar-refractivity contribution is 6.31. The van der Waals surface area contributed by atoms with Crippen molar-refractivity contribution in [3.8, 4) is 0 Å². The summed E-state index contributed by atoms with van der Waals surface area (Å²) in [5, 5.41) is 1.98. The van der Waals surface area contributed by atoms with E-state index < -0.39 is 0 Å². The van der Waals surface area contributed by atoms with Crippen LogP contribution in [0.4, 0.5) is 0 Å². The molecule has 0 aliphatic rings. The molecular weight excluding hydrogens is 194 g/mol. The van der Waals surface area contributed by atoms with E-state index in [0.717, 1.165) is 10.5 Å². The summed E-state index contributed by atoms with van der Waals surface area (Å²) in [7, 11) is 0. The van der Waals surface area contributed by atoms with Gasteiger partial charge < -0.3 is 4.57 Å². The summed E-state index contributed by atoms with van der Waals surface area (Å²) >= 11 is 5.96. The Labute approximate surface area is 88.6 Å². The molecule has 0 spiro atoms. The molecule has 0 amide bonds. The Morgan fingerprint density at radius 3 is 2.93 bits per heavy atom. The Hall–Kier alpha value is -1.21. The first-order valence-corrected chi connectivity index (χ1v) is 4.99. The maximum Gasteiger partial charge on any atom is 0.0500 e. The second-order valence-corrected chi connectivity index (χ2v) is 3.84. The van der Waals surface area contributed by atoms with E-state index in [2.05, 4.69) is 30.3 Å². The van der Waals surface area contributed by atoms with Crippen molar-refractivity contribution in [2.24, 2.45) is 0 Å². The summed E-state index contributed by atoms with van der Waals surface area (Å²) in [5.74, 6) is 0. The first kappa shape index (κ1) is 9.35. The van der Waals surface area contributed by atoms with Crippen molar-refractivity contribution < 1.29 is 0 Å². The molecule has 1 aromatic heterocycles. The van der Waals surface area contributed by atoms with Crippen molar-refractivity contribution in [2.75, 3.05) is 0 Å². The highest BCUT2D eigenvalue weighted by Crippen LogP contribution is 2.23. The number of aromatic nitrogens is 1. The molecule has 72 valence electrons. The highest BCUT2D eigenvalue weighted by Gasteiger charge is 2.04. The van der Waals surface area contributed by atoms with E-state index in [4.69, 9.17) is 11.6 Å². The molecule has 0 saturated carbocycles. The number of benzene rings is 1. The van der Waals surface area contributed by atoms with Crippen molar-refractivity contribution in [2.45, 2.75) is 13.0 Å². The van der Waals surface area contributed by atoms with E-state index in [1.165, 1.54) is 5.39 Å². The lowest BCUT2D eigenvalue weighted by Gasteiger charge is -2.10. The average molecular weight is 206 g/mol. The zero-order valence-electron chi connectivity index (χ0n) is 8.07. The quantitative estimate of drug-likeness (QED) is 0.652. The van der Waals surface area contributed by atoms with Crippen LogP contribution in [0.1, 0.15) is 13.0 Å². The van der Waals surface area contributed by atoms with E-state index in [-0.39, 0.29) is 0 Å². The molecule has 2 aromatic rings. The largest absolute Gasteiger partial charge is 0.341 e. The third kappa shape index (κ3) is 1.44. The molecular formula is C12H12ClN. The van der Waals surface area contributed by atoms with Gasteiger partial charge in [-0.05, 0) is 30.5 Å². The lowest BCUT2D eigenvalue weighted by molar-refractivity contribution is 0.689. The highest BCUT2D eigenvalue weighted by atomic mass is 35.5. The SMILES string of the molecule is C=CC(C)n1ccc2ccc(Cl)cc21. The number of hydrogen-bond donors (Lipinski definition) is 0. The van der Waals surface area contributed by atoms with Crippen LogP contribution in [-0.2, 0) is 0 Å². The normalized spacial score (nSPS) is 13.0. The van der Waals surface area contributed by atoms with Gasteiger partial charge in [-0.3, -0.25) is 0 Å². The van der Waals surface area contributed by atoms with Crippen molar-refractivity contribution in [1.82, 2.24) is 4.57 Å². The summed E-state index contributed by atoms with van der Waals surface area (Å²) in [4.78, 5) is 0. The summed E-state index contributed by atoms with van der Waals surface area (Å²) in [6, 6.07) is 8.31. The second-order valence-electron chi connectivity index (χ2n) is 3.40. The van der Waals surface area contributed by atoms with Crippen molar-refractivity contribution in [1.29, 1.82) is 0 Å². The molecule has 0 radical (unpaired) electrons. The number of rotatable bonds is 2. The van der Waals surface area contributed by atoms with Crippen molar-refractivity contribution >= 4 is 22.5 Å². The van der Waals surface area contributed by atoms with Crippen LogP contribution in [0.25, 0.3) is 10.9 Å². The van der Waals surface area contributed by atoms with Gasteiger partial charge >= 0.3 is 0 Å². The summed E-state index contributed by atoms with van der Waals surface area (Å²) in [5.41, 5.74) is 1.16. The van der Waals surface area contributed by atoms with Gasteiger partial charge in [0.2, 0.25) is 0 Å². The van der Waals surface area contributed by atoms with Gasteiger partial charge in [0.15, 0.2) is 0 Å². The van der Waals surface area contributed by atoms with Gasteiger partial charge in [-0.25, -0.2) is 0 Å². The van der Waals surface area contributed by atoms with Crippen LogP contribution in [0.3, 0.4) is 0 Å². The number of fused-ring (bicyclic) bond motifs is 1. The molecule has 0 saturated heterocycles. The van der Waals surface area contributed by atoms with Gasteiger partial charge in [-0.1, -0.05) is 23.7 Å². The van der Waals surface area contributed by atoms with Crippen molar-refractivity contribution in [3.05, 3.63) is 48.1 Å². The van der Waals surface area contributed by atoms with Gasteiger partial charge in [0.1, 0.15) is 0 Å². The number of nitrogens with zero attached hydrogens (tertiary/aromatic N) is 1. The maximum atomic E-state index is 5.96. The second kappa shape index (κ2) is 3.50. The molecule has 1 heterocycles. The van der Waals surface area contributed by atoms with Gasteiger partial charge in [0.25, 0.3) is 0 Å². The predicted octanol–water partition coefficient (Wildman–Crippen LogP) is 4.04. The minimum atomic E-state index is 0.297. The first-order chi connectivity index (χ1) is 6.72. The molecule has 1 nitrogen and oxygen atoms in total. The summed E-state index contributed by atoms with van der Waals surface area (Å²) in [6.45, 7) is 5.90. The molecule has 14 heavy (non-hydrogen) atoms. The third-order valence-corrected chi connectivity index (χ3v) is 2.70. The fraction of sp³-hybridized carbons (Fsp3) is 0.167. The van der Waals surface area contributed by atoms with Crippen LogP contribution in [0, 0.1) is 0 Å². The summed E-state index contributed by atoms with van der Waals surface area (Å²) < 4.78 is 2.16. The Kier molecular flexibility index (Phi) is 2.34. The molecule has 2 rings (SSSR count). The van der Waals surface area contributed by atoms with E-state index in [1.807, 2.05) is 24.3 Å². The Morgan fingerprint density at radius 1 is 1.43 bits per heavy atom. The molecule has 0 N–H and O–H groups in total. The topological polar surface area (TPSA) is 4.93 Å². The van der Waals surface area contributed by atoms with Crippen LogP contribution in [0.2, 0.25) is 5.02 Å². The van der Waals surface area contributed by atoms with Crippen LogP contribution in [0.15, 0.2) is 43.1 Å². The fourth-order valence-electron chi connectivity index (χ4n) is 1.59. The molecule has 0 bridgehead atoms. The zero-order valence-corrected chi connectivity index (χ0v) is 8.83. The molecule has 1 unspecified atom stereocenters. The minimum absolute atomic E-state index is 0.297. The molecule has 1 atom stereocenters. The fourth-order valence-corrected chi connectivity index (χ4v) is 1.76. The van der Waals surface area contributed by atoms with Crippen LogP contribution >= 0.6 is 11.6 Å². The van der Waals surface area contributed by atoms with Crippen LogP contribution < -0.4 is 0 Å². The Morgan fingerprint density at radius 2 is 2.21 bits per heavy atom. The van der Waals surface area contributed by atoms with Gasteiger partial charge in [-0.2, -0.15) is 0 Å². The van der Waals surface area contributed by atoms with E-state index in [9.17, 15) is 0 Å². The average Bonchev–Trinajstić information content (AvgIpc) is 2.59. The maximum absolute atomic E-state index is 5.96. The van der Waals surface area contributed by atoms with E-state index in [0.29, 0.717) is 6.04 Å². The van der Waals surface area contributed by atoms with Crippen molar-refractivity contribution in [3.63, 3.8) is 0 Å².